The molecule has 2 atom stereocenters. The molecule has 2 rings (SSSR count). The van der Waals surface area contributed by atoms with Crippen LogP contribution in [0, 0.1) is 11.8 Å². The van der Waals surface area contributed by atoms with Crippen LogP contribution >= 0.6 is 0 Å². The maximum atomic E-state index is 5.71. The van der Waals surface area contributed by atoms with Crippen molar-refractivity contribution >= 4 is 6.01 Å². The van der Waals surface area contributed by atoms with Gasteiger partial charge in [0, 0.05) is 19.1 Å². The second kappa shape index (κ2) is 5.69. The molecule has 0 bridgehead atoms. The summed E-state index contributed by atoms with van der Waals surface area (Å²) < 4.78 is 5.71. The van der Waals surface area contributed by atoms with Crippen molar-refractivity contribution in [2.45, 2.75) is 46.7 Å². The molecule has 0 spiro atoms. The summed E-state index contributed by atoms with van der Waals surface area (Å²) in [6.07, 6.45) is 1.28. The highest BCUT2D eigenvalue weighted by Gasteiger charge is 2.25. The summed E-state index contributed by atoms with van der Waals surface area (Å²) in [4.78, 5) is 2.21. The van der Waals surface area contributed by atoms with Crippen molar-refractivity contribution in [2.75, 3.05) is 18.0 Å². The van der Waals surface area contributed by atoms with Crippen molar-refractivity contribution < 1.29 is 4.42 Å². The summed E-state index contributed by atoms with van der Waals surface area (Å²) in [6.45, 7) is 11.4. The van der Waals surface area contributed by atoms with Crippen LogP contribution in [0.4, 0.5) is 6.01 Å². The second-order valence-electron chi connectivity index (χ2n) is 5.87. The van der Waals surface area contributed by atoms with E-state index in [9.17, 15) is 0 Å². The predicted octanol–water partition coefficient (Wildman–Crippen LogP) is 2.05. The molecule has 0 aromatic carbocycles. The van der Waals surface area contributed by atoms with Crippen LogP contribution in [0.2, 0.25) is 0 Å². The van der Waals surface area contributed by atoms with Crippen LogP contribution in [0.1, 0.15) is 40.0 Å². The summed E-state index contributed by atoms with van der Waals surface area (Å²) in [6, 6.07) is 1.10. The first-order valence-electron chi connectivity index (χ1n) is 6.85. The normalized spacial score (nSPS) is 24.8. The zero-order chi connectivity index (χ0) is 13.1. The van der Waals surface area contributed by atoms with E-state index >= 15 is 0 Å². The molecule has 2 unspecified atom stereocenters. The molecular weight excluding hydrogens is 228 g/mol. The van der Waals surface area contributed by atoms with E-state index < -0.39 is 0 Å². The van der Waals surface area contributed by atoms with E-state index in [0.29, 0.717) is 36.3 Å². The van der Waals surface area contributed by atoms with Crippen LogP contribution in [0.5, 0.6) is 0 Å². The molecule has 1 aromatic heterocycles. The Balaban J connectivity index is 1.96. The van der Waals surface area contributed by atoms with E-state index in [1.165, 1.54) is 6.42 Å². The fourth-order valence-electron chi connectivity index (χ4n) is 2.55. The number of nitrogens with one attached hydrogen (secondary N) is 1. The highest BCUT2D eigenvalue weighted by Crippen LogP contribution is 2.25. The monoisotopic (exact) mass is 252 g/mol. The van der Waals surface area contributed by atoms with Gasteiger partial charge in [0.2, 0.25) is 5.89 Å². The van der Waals surface area contributed by atoms with Crippen molar-refractivity contribution in [2.24, 2.45) is 11.8 Å². The van der Waals surface area contributed by atoms with Crippen LogP contribution in [0.25, 0.3) is 0 Å². The molecule has 18 heavy (non-hydrogen) atoms. The zero-order valence-electron chi connectivity index (χ0n) is 11.8. The standard InChI is InChI=1S/C13H24N4O/c1-9(2)14-6-12-15-16-13(18-12)17-7-10(3)5-11(4)8-17/h9-11,14H,5-8H2,1-4H3. The molecule has 1 aliphatic heterocycles. The highest BCUT2D eigenvalue weighted by atomic mass is 16.4. The lowest BCUT2D eigenvalue weighted by Crippen LogP contribution is -2.38. The van der Waals surface area contributed by atoms with Gasteiger partial charge in [-0.25, -0.2) is 0 Å². The van der Waals surface area contributed by atoms with Crippen molar-refractivity contribution in [1.82, 2.24) is 15.5 Å². The molecule has 1 N–H and O–H groups in total. The lowest BCUT2D eigenvalue weighted by molar-refractivity contribution is 0.336. The summed E-state index contributed by atoms with van der Waals surface area (Å²) in [5, 5.41) is 11.5. The lowest BCUT2D eigenvalue weighted by atomic mass is 9.92. The van der Waals surface area contributed by atoms with E-state index in [2.05, 4.69) is 48.1 Å². The quantitative estimate of drug-likeness (QED) is 0.889. The third-order valence-electron chi connectivity index (χ3n) is 3.26. The van der Waals surface area contributed by atoms with Crippen LogP contribution in [0.15, 0.2) is 4.42 Å². The summed E-state index contributed by atoms with van der Waals surface area (Å²) >= 11 is 0. The van der Waals surface area contributed by atoms with Crippen LogP contribution < -0.4 is 10.2 Å². The molecule has 1 fully saturated rings. The molecule has 1 saturated heterocycles. The van der Waals surface area contributed by atoms with Crippen LogP contribution in [0.3, 0.4) is 0 Å². The third kappa shape index (κ3) is 3.45. The largest absolute Gasteiger partial charge is 0.407 e. The van der Waals surface area contributed by atoms with E-state index in [4.69, 9.17) is 4.42 Å². The Morgan fingerprint density at radius 3 is 2.56 bits per heavy atom. The molecular formula is C13H24N4O. The molecule has 0 aliphatic carbocycles. The molecule has 5 heteroatoms. The number of rotatable bonds is 4. The Kier molecular flexibility index (Phi) is 4.22. The number of hydrogen-bond acceptors (Lipinski definition) is 5. The topological polar surface area (TPSA) is 54.2 Å². The van der Waals surface area contributed by atoms with Gasteiger partial charge < -0.3 is 14.6 Å². The van der Waals surface area contributed by atoms with Crippen LogP contribution in [-0.4, -0.2) is 29.3 Å². The SMILES string of the molecule is CC1CC(C)CN(c2nnc(CNC(C)C)o2)C1. The van der Waals surface area contributed by atoms with Gasteiger partial charge >= 0.3 is 6.01 Å². The van der Waals surface area contributed by atoms with Gasteiger partial charge in [-0.15, -0.1) is 5.10 Å². The average molecular weight is 252 g/mol. The van der Waals surface area contributed by atoms with E-state index in [-0.39, 0.29) is 0 Å². The minimum absolute atomic E-state index is 0.426. The number of nitrogens with zero attached hydrogens (tertiary/aromatic N) is 3. The minimum Gasteiger partial charge on any atom is -0.407 e. The van der Waals surface area contributed by atoms with Crippen LogP contribution in [-0.2, 0) is 6.54 Å². The van der Waals surface area contributed by atoms with Gasteiger partial charge in [-0.05, 0) is 18.3 Å². The Labute approximate surface area is 109 Å². The first kappa shape index (κ1) is 13.3. The van der Waals surface area contributed by atoms with E-state index in [1.54, 1.807) is 0 Å². The predicted molar refractivity (Wildman–Crippen MR) is 71.4 cm³/mol. The number of piperidine rings is 1. The second-order valence-corrected chi connectivity index (χ2v) is 5.87. The van der Waals surface area contributed by atoms with Gasteiger partial charge in [-0.2, -0.15) is 0 Å². The number of aromatic nitrogens is 2. The van der Waals surface area contributed by atoms with Crippen molar-refractivity contribution in [3.8, 4) is 0 Å². The van der Waals surface area contributed by atoms with Gasteiger partial charge in [-0.3, -0.25) is 0 Å². The van der Waals surface area contributed by atoms with Gasteiger partial charge in [0.25, 0.3) is 0 Å². The first-order valence-corrected chi connectivity index (χ1v) is 6.85. The molecule has 1 aromatic rings. The molecule has 2 heterocycles. The Morgan fingerprint density at radius 1 is 1.28 bits per heavy atom. The molecule has 5 nitrogen and oxygen atoms in total. The number of hydrogen-bond donors (Lipinski definition) is 1. The maximum absolute atomic E-state index is 5.71. The molecule has 0 saturated carbocycles. The Bertz CT molecular complexity index is 367. The van der Waals surface area contributed by atoms with Gasteiger partial charge in [0.05, 0.1) is 6.54 Å². The van der Waals surface area contributed by atoms with Crippen molar-refractivity contribution in [1.29, 1.82) is 0 Å². The average Bonchev–Trinajstić information content (AvgIpc) is 2.73. The van der Waals surface area contributed by atoms with Crippen molar-refractivity contribution in [3.05, 3.63) is 5.89 Å². The van der Waals surface area contributed by atoms with E-state index in [0.717, 1.165) is 13.1 Å². The number of anilines is 1. The zero-order valence-corrected chi connectivity index (χ0v) is 11.8. The fourth-order valence-corrected chi connectivity index (χ4v) is 2.55. The fraction of sp³-hybridized carbons (Fsp3) is 0.846. The molecule has 0 radical (unpaired) electrons. The van der Waals surface area contributed by atoms with Gasteiger partial charge in [-0.1, -0.05) is 32.8 Å². The van der Waals surface area contributed by atoms with Gasteiger partial charge in [0.1, 0.15) is 0 Å². The third-order valence-corrected chi connectivity index (χ3v) is 3.26. The smallest absolute Gasteiger partial charge is 0.318 e. The Hall–Kier alpha value is -1.10. The first-order chi connectivity index (χ1) is 8.54. The van der Waals surface area contributed by atoms with E-state index in [1.807, 2.05) is 0 Å². The van der Waals surface area contributed by atoms with Crippen molar-refractivity contribution in [3.63, 3.8) is 0 Å². The summed E-state index contributed by atoms with van der Waals surface area (Å²) in [7, 11) is 0. The Morgan fingerprint density at radius 2 is 1.94 bits per heavy atom. The molecule has 1 aliphatic rings. The molecule has 102 valence electrons. The maximum Gasteiger partial charge on any atom is 0.318 e. The molecule has 0 amide bonds. The lowest BCUT2D eigenvalue weighted by Gasteiger charge is -2.33. The van der Waals surface area contributed by atoms with Gasteiger partial charge in [0.15, 0.2) is 0 Å². The summed E-state index contributed by atoms with van der Waals surface area (Å²) in [5.74, 6) is 2.06. The summed E-state index contributed by atoms with van der Waals surface area (Å²) in [5.41, 5.74) is 0. The highest BCUT2D eigenvalue weighted by molar-refractivity contribution is 5.25. The minimum atomic E-state index is 0.426.